The zero-order valence-electron chi connectivity index (χ0n) is 14.0. The molecule has 1 aromatic rings. The number of pyridine rings is 1. The minimum Gasteiger partial charge on any atom is -0.316 e. The number of nitrogens with zero attached hydrogens (tertiary/aromatic N) is 3. The van der Waals surface area contributed by atoms with Crippen molar-refractivity contribution in [2.75, 3.05) is 46.8 Å². The highest BCUT2D eigenvalue weighted by molar-refractivity contribution is 5.07. The number of aryl methyl sites for hydroxylation is 1. The fourth-order valence-corrected chi connectivity index (χ4v) is 3.00. The molecule has 0 saturated carbocycles. The average Bonchev–Trinajstić information content (AvgIpc) is 2.42. The molecule has 2 rings (SSSR count). The van der Waals surface area contributed by atoms with E-state index in [4.69, 9.17) is 0 Å². The summed E-state index contributed by atoms with van der Waals surface area (Å²) in [7, 11) is 6.94. The van der Waals surface area contributed by atoms with Gasteiger partial charge in [0.25, 0.3) is 0 Å². The first-order chi connectivity index (χ1) is 9.33. The number of aromatic nitrogens is 1. The van der Waals surface area contributed by atoms with Gasteiger partial charge in [-0.1, -0.05) is 0 Å². The average molecular weight is 278 g/mol. The van der Waals surface area contributed by atoms with Crippen LogP contribution in [0.25, 0.3) is 0 Å². The summed E-state index contributed by atoms with van der Waals surface area (Å²) in [5.74, 6) is 0. The molecule has 3 heteroatoms. The maximum Gasteiger partial charge on any atom is 0.168 e. The van der Waals surface area contributed by atoms with Gasteiger partial charge in [0.2, 0.25) is 0 Å². The molecule has 0 amide bonds. The molecule has 3 nitrogen and oxygen atoms in total. The van der Waals surface area contributed by atoms with Crippen LogP contribution in [0.5, 0.6) is 0 Å². The molecular weight excluding hydrogens is 246 g/mol. The molecule has 0 atom stereocenters. The van der Waals surface area contributed by atoms with Gasteiger partial charge in [-0.15, -0.1) is 0 Å². The van der Waals surface area contributed by atoms with E-state index in [1.807, 2.05) is 0 Å². The van der Waals surface area contributed by atoms with Crippen LogP contribution in [0.1, 0.15) is 19.4 Å². The van der Waals surface area contributed by atoms with Crippen LogP contribution in [0.2, 0.25) is 0 Å². The van der Waals surface area contributed by atoms with Gasteiger partial charge in [0.05, 0.1) is 26.7 Å². The number of likely N-dealkylation sites (N-methyl/N-ethyl adjacent to an activating group) is 2. The highest BCUT2D eigenvalue weighted by atomic mass is 15.5. The molecular formula is C17H32N3+3. The molecule has 1 fully saturated rings. The Morgan fingerprint density at radius 3 is 2.10 bits per heavy atom. The van der Waals surface area contributed by atoms with Gasteiger partial charge in [-0.3, -0.25) is 0 Å². The van der Waals surface area contributed by atoms with Crippen LogP contribution >= 0.6 is 0 Å². The summed E-state index contributed by atoms with van der Waals surface area (Å²) in [4.78, 5) is 0. The summed E-state index contributed by atoms with van der Waals surface area (Å²) in [5.41, 5.74) is 1.47. The van der Waals surface area contributed by atoms with Crippen LogP contribution in [0.4, 0.5) is 0 Å². The predicted octanol–water partition coefficient (Wildman–Crippen LogP) is 1.37. The van der Waals surface area contributed by atoms with Crippen LogP contribution < -0.4 is 4.57 Å². The Bertz CT molecular complexity index is 428. The van der Waals surface area contributed by atoms with E-state index >= 15 is 0 Å². The Morgan fingerprint density at radius 1 is 1.05 bits per heavy atom. The summed E-state index contributed by atoms with van der Waals surface area (Å²) >= 11 is 0. The second-order valence-corrected chi connectivity index (χ2v) is 7.43. The molecule has 1 aliphatic rings. The number of quaternary nitrogens is 2. The van der Waals surface area contributed by atoms with Crippen LogP contribution in [-0.2, 0) is 13.5 Å². The van der Waals surface area contributed by atoms with Gasteiger partial charge >= 0.3 is 0 Å². The molecule has 0 bridgehead atoms. The normalized spacial score (nSPS) is 30.7. The molecule has 0 aliphatic carbocycles. The van der Waals surface area contributed by atoms with E-state index in [1.165, 1.54) is 53.7 Å². The van der Waals surface area contributed by atoms with Crippen LogP contribution in [0.15, 0.2) is 24.5 Å². The third-order valence-electron chi connectivity index (χ3n) is 5.54. The van der Waals surface area contributed by atoms with E-state index in [0.29, 0.717) is 0 Å². The third kappa shape index (κ3) is 3.58. The van der Waals surface area contributed by atoms with Crippen LogP contribution in [0.3, 0.4) is 0 Å². The molecule has 2 heterocycles. The Balaban J connectivity index is 1.89. The first kappa shape index (κ1) is 15.5. The van der Waals surface area contributed by atoms with Gasteiger partial charge in [0, 0.05) is 18.6 Å². The van der Waals surface area contributed by atoms with Crippen molar-refractivity contribution in [1.29, 1.82) is 0 Å². The van der Waals surface area contributed by atoms with E-state index < -0.39 is 0 Å². The second-order valence-electron chi connectivity index (χ2n) is 7.43. The number of hydrogen-bond acceptors (Lipinski definition) is 0. The van der Waals surface area contributed by atoms with E-state index in [2.05, 4.69) is 64.1 Å². The van der Waals surface area contributed by atoms with E-state index in [-0.39, 0.29) is 0 Å². The molecule has 112 valence electrons. The van der Waals surface area contributed by atoms with Crippen molar-refractivity contribution in [2.45, 2.75) is 26.3 Å². The molecule has 0 radical (unpaired) electrons. The summed E-state index contributed by atoms with van der Waals surface area (Å²) in [6, 6.07) is 5.26. The maximum atomic E-state index is 2.44. The first-order valence-corrected chi connectivity index (χ1v) is 7.95. The SMILES string of the molecule is CC(C)[N+]1(C)CC[N+](C)(CCc2cc[n+](C)cc2)CC1. The number of piperazine rings is 1. The van der Waals surface area contributed by atoms with Gasteiger partial charge in [0.1, 0.15) is 33.2 Å². The van der Waals surface area contributed by atoms with Gasteiger partial charge in [-0.05, 0) is 19.4 Å². The predicted molar refractivity (Wildman–Crippen MR) is 83.2 cm³/mol. The van der Waals surface area contributed by atoms with Crippen molar-refractivity contribution in [1.82, 2.24) is 0 Å². The Hall–Kier alpha value is -0.930. The van der Waals surface area contributed by atoms with Crippen molar-refractivity contribution in [3.05, 3.63) is 30.1 Å². The summed E-state index contributed by atoms with van der Waals surface area (Å²) < 4.78 is 4.59. The quantitative estimate of drug-likeness (QED) is 0.578. The fourth-order valence-electron chi connectivity index (χ4n) is 3.00. The van der Waals surface area contributed by atoms with Crippen molar-refractivity contribution in [3.8, 4) is 0 Å². The molecule has 0 spiro atoms. The maximum absolute atomic E-state index is 2.44. The standard InChI is InChI=1S/C17H32N3/c1-16(2)20(5)14-12-19(4,13-15-20)11-8-17-6-9-18(3)10-7-17/h6-7,9-10,16H,8,11-15H2,1-5H3/q+3. The summed E-state index contributed by atoms with van der Waals surface area (Å²) in [6.45, 7) is 11.3. The van der Waals surface area contributed by atoms with E-state index in [0.717, 1.165) is 6.04 Å². The van der Waals surface area contributed by atoms with E-state index in [9.17, 15) is 0 Å². The largest absolute Gasteiger partial charge is 0.316 e. The first-order valence-electron chi connectivity index (χ1n) is 7.95. The van der Waals surface area contributed by atoms with Crippen molar-refractivity contribution in [2.24, 2.45) is 7.05 Å². The van der Waals surface area contributed by atoms with Crippen molar-refractivity contribution < 1.29 is 13.5 Å². The van der Waals surface area contributed by atoms with Crippen LogP contribution in [-0.4, -0.2) is 61.8 Å². The monoisotopic (exact) mass is 278 g/mol. The Labute approximate surface area is 124 Å². The lowest BCUT2D eigenvalue weighted by Gasteiger charge is -2.48. The molecule has 0 aromatic carbocycles. The summed E-state index contributed by atoms with van der Waals surface area (Å²) in [5, 5.41) is 0. The van der Waals surface area contributed by atoms with E-state index in [1.54, 1.807) is 0 Å². The fraction of sp³-hybridized carbons (Fsp3) is 0.706. The lowest BCUT2D eigenvalue weighted by molar-refractivity contribution is -1.02. The topological polar surface area (TPSA) is 3.88 Å². The van der Waals surface area contributed by atoms with Crippen molar-refractivity contribution >= 4 is 0 Å². The zero-order chi connectivity index (χ0) is 14.8. The van der Waals surface area contributed by atoms with Crippen molar-refractivity contribution in [3.63, 3.8) is 0 Å². The summed E-state index contributed by atoms with van der Waals surface area (Å²) in [6.07, 6.45) is 5.50. The van der Waals surface area contributed by atoms with Gasteiger partial charge < -0.3 is 8.97 Å². The molecule has 1 aliphatic heterocycles. The molecule has 1 saturated heterocycles. The minimum atomic E-state index is 0.748. The molecule has 1 aromatic heterocycles. The highest BCUT2D eigenvalue weighted by Crippen LogP contribution is 2.19. The molecule has 20 heavy (non-hydrogen) atoms. The minimum absolute atomic E-state index is 0.748. The lowest BCUT2D eigenvalue weighted by atomic mass is 10.1. The Kier molecular flexibility index (Phi) is 4.50. The van der Waals surface area contributed by atoms with Gasteiger partial charge in [-0.2, -0.15) is 0 Å². The molecule has 0 N–H and O–H groups in total. The Morgan fingerprint density at radius 2 is 1.60 bits per heavy atom. The third-order valence-corrected chi connectivity index (χ3v) is 5.54. The van der Waals surface area contributed by atoms with Gasteiger partial charge in [0.15, 0.2) is 12.4 Å². The lowest BCUT2D eigenvalue weighted by Crippen LogP contribution is -2.66. The zero-order valence-corrected chi connectivity index (χ0v) is 14.0. The van der Waals surface area contributed by atoms with Gasteiger partial charge in [-0.25, -0.2) is 4.57 Å². The smallest absolute Gasteiger partial charge is 0.168 e. The molecule has 0 unspecified atom stereocenters. The second kappa shape index (κ2) is 5.82. The van der Waals surface area contributed by atoms with Crippen LogP contribution in [0, 0.1) is 0 Å². The number of hydrogen-bond donors (Lipinski definition) is 0. The number of rotatable bonds is 4. The highest BCUT2D eigenvalue weighted by Gasteiger charge is 2.38.